The Labute approximate surface area is 292 Å². The smallest absolute Gasteiger partial charge is 0.296 e. The van der Waals surface area contributed by atoms with Gasteiger partial charge in [-0.15, -0.1) is 15.3 Å². The minimum absolute atomic E-state index is 0.000471. The molecule has 0 aromatic heterocycles. The molecule has 24 heteroatoms. The third-order valence-corrected chi connectivity index (χ3v) is 11.4. The van der Waals surface area contributed by atoms with Gasteiger partial charge in [0.2, 0.25) is 0 Å². The van der Waals surface area contributed by atoms with Crippen LogP contribution in [0.15, 0.2) is 94.6 Å². The molecule has 272 valence electrons. The zero-order valence-corrected chi connectivity index (χ0v) is 29.2. The summed E-state index contributed by atoms with van der Waals surface area (Å²) in [5.41, 5.74) is -2.63. The lowest BCUT2D eigenvalue weighted by molar-refractivity contribution is 0.296. The second kappa shape index (κ2) is 12.2. The molecule has 0 bridgehead atoms. The van der Waals surface area contributed by atoms with Crippen LogP contribution < -0.4 is 9.80 Å². The Kier molecular flexibility index (Phi) is 8.60. The van der Waals surface area contributed by atoms with Crippen LogP contribution in [0, 0.1) is 6.92 Å². The molecule has 52 heavy (non-hydrogen) atoms. The zero-order valence-electron chi connectivity index (χ0n) is 25.9. The van der Waals surface area contributed by atoms with Gasteiger partial charge in [-0.1, -0.05) is 6.07 Å². The van der Waals surface area contributed by atoms with Crippen LogP contribution in [0.2, 0.25) is 0 Å². The van der Waals surface area contributed by atoms with E-state index in [-0.39, 0.29) is 49.9 Å². The van der Waals surface area contributed by atoms with E-state index in [0.717, 1.165) is 36.4 Å². The molecule has 20 nitrogen and oxygen atoms in total. The van der Waals surface area contributed by atoms with Crippen LogP contribution in [0.1, 0.15) is 5.56 Å². The van der Waals surface area contributed by atoms with E-state index in [0.29, 0.717) is 5.06 Å². The van der Waals surface area contributed by atoms with Crippen LogP contribution in [0.25, 0.3) is 21.5 Å². The van der Waals surface area contributed by atoms with Crippen LogP contribution in [-0.4, -0.2) is 69.3 Å². The van der Waals surface area contributed by atoms with Crippen LogP contribution in [0.5, 0.6) is 11.5 Å². The molecular formula is C28H21N5O15S4. The number of ether oxygens (including phenoxy) is 1. The molecule has 0 amide bonds. The van der Waals surface area contributed by atoms with E-state index in [2.05, 4.69) is 20.5 Å². The molecule has 1 aliphatic heterocycles. The van der Waals surface area contributed by atoms with Gasteiger partial charge in [0.15, 0.2) is 5.75 Å². The van der Waals surface area contributed by atoms with Gasteiger partial charge in [-0.3, -0.25) is 23.4 Å². The number of fused-ring (bicyclic) bond motifs is 1. The van der Waals surface area contributed by atoms with E-state index in [1.54, 1.807) is 0 Å². The molecule has 0 fully saturated rings. The highest BCUT2D eigenvalue weighted by molar-refractivity contribution is 7.86. The van der Waals surface area contributed by atoms with Crippen molar-refractivity contribution < 1.29 is 66.9 Å². The maximum Gasteiger partial charge on any atom is 0.296 e. The molecule has 6 N–H and O–H groups in total. The molecule has 0 spiro atoms. The molecule has 5 aromatic carbocycles. The summed E-state index contributed by atoms with van der Waals surface area (Å²) in [4.78, 5) is -3.30. The predicted molar refractivity (Wildman–Crippen MR) is 179 cm³/mol. The highest BCUT2D eigenvalue weighted by Crippen LogP contribution is 2.56. The monoisotopic (exact) mass is 795 g/mol. The van der Waals surface area contributed by atoms with Crippen LogP contribution >= 0.6 is 0 Å². The lowest BCUT2D eigenvalue weighted by Crippen LogP contribution is -2.23. The average Bonchev–Trinajstić information content (AvgIpc) is 3.03. The number of azo groups is 2. The van der Waals surface area contributed by atoms with Crippen molar-refractivity contribution in [1.82, 2.24) is 0 Å². The molecule has 0 atom stereocenters. The molecule has 1 heterocycles. The summed E-state index contributed by atoms with van der Waals surface area (Å²) < 4.78 is 141. The maximum atomic E-state index is 12.4. The Hall–Kier alpha value is -5.18. The number of aromatic hydroxyl groups is 1. The first kappa shape index (κ1) is 36.6. The van der Waals surface area contributed by atoms with Gasteiger partial charge in [0.25, 0.3) is 40.5 Å². The van der Waals surface area contributed by atoms with Gasteiger partial charge in [-0.2, -0.15) is 38.8 Å². The van der Waals surface area contributed by atoms with Crippen molar-refractivity contribution in [2.45, 2.75) is 26.5 Å². The van der Waals surface area contributed by atoms with Crippen molar-refractivity contribution in [3.8, 4) is 11.5 Å². The summed E-state index contributed by atoms with van der Waals surface area (Å²) in [5.74, 6) is -0.922. The Morgan fingerprint density at radius 2 is 1.17 bits per heavy atom. The molecule has 0 aliphatic carbocycles. The van der Waals surface area contributed by atoms with Gasteiger partial charge in [0.05, 0.1) is 23.4 Å². The summed E-state index contributed by atoms with van der Waals surface area (Å²) in [6.45, 7) is 1.27. The van der Waals surface area contributed by atoms with Gasteiger partial charge in [-0.05, 0) is 65.7 Å². The van der Waals surface area contributed by atoms with E-state index in [1.807, 2.05) is 0 Å². The minimum Gasteiger partial charge on any atom is -0.505 e. The lowest BCUT2D eigenvalue weighted by atomic mass is 9.95. The van der Waals surface area contributed by atoms with Crippen LogP contribution in [-0.2, 0) is 40.5 Å². The maximum absolute atomic E-state index is 12.4. The number of anilines is 2. The van der Waals surface area contributed by atoms with E-state index in [9.17, 15) is 62.2 Å². The average molecular weight is 796 g/mol. The molecule has 0 saturated carbocycles. The predicted octanol–water partition coefficient (Wildman–Crippen LogP) is 5.67. The summed E-state index contributed by atoms with van der Waals surface area (Å²) in [6.07, 6.45) is 0. The number of hydrogen-bond donors (Lipinski definition) is 6. The van der Waals surface area contributed by atoms with Crippen LogP contribution in [0.4, 0.5) is 34.1 Å². The minimum atomic E-state index is -5.12. The third kappa shape index (κ3) is 6.31. The highest BCUT2D eigenvalue weighted by Gasteiger charge is 2.37. The zero-order chi connectivity index (χ0) is 38.3. The van der Waals surface area contributed by atoms with E-state index >= 15 is 0 Å². The summed E-state index contributed by atoms with van der Waals surface area (Å²) in [5, 5.41) is 37.3. The SMILES string of the molecule is COc1ccc(N=Nc2c(S(=O)(=O)O)cc3ccc(N=Nc4c(S(=O)(=O)O)cc5cc(S(=O)(=O)O)c(C)c6c5c4N6O)cc3c2O)c(S(=O)(=O)O)c1. The fourth-order valence-electron chi connectivity index (χ4n) is 5.47. The topological polar surface area (TPSA) is 320 Å². The van der Waals surface area contributed by atoms with Crippen molar-refractivity contribution in [2.24, 2.45) is 20.5 Å². The quantitative estimate of drug-likeness (QED) is 0.0772. The number of benzene rings is 5. The normalized spacial score (nSPS) is 13.8. The van der Waals surface area contributed by atoms with Crippen molar-refractivity contribution in [1.29, 1.82) is 0 Å². The number of rotatable bonds is 9. The van der Waals surface area contributed by atoms with Crippen molar-refractivity contribution in [3.05, 3.63) is 60.2 Å². The van der Waals surface area contributed by atoms with Gasteiger partial charge < -0.3 is 9.84 Å². The van der Waals surface area contributed by atoms with E-state index < -0.39 is 82.9 Å². The fraction of sp³-hybridized carbons (Fsp3) is 0.0714. The Morgan fingerprint density at radius 3 is 1.77 bits per heavy atom. The standard InChI is InChI=1S/C28H21N5O15S4/c1-12-19(49(36,37)38)8-14-9-21(51(42,43)44)24(27-23(14)26(12)33(27)35)31-29-15-4-3-13-7-22(52(45,46)47)25(28(34)17(13)10-15)32-30-18-6-5-16(48-2)11-20(18)50(39,40)41/h3-11,34-35H,1-2H3,(H,36,37,38)(H,39,40,41)(H,42,43,44)(H,45,46,47). The molecule has 5 aromatic rings. The first-order chi connectivity index (χ1) is 24.0. The molecule has 6 rings (SSSR count). The van der Waals surface area contributed by atoms with E-state index in [4.69, 9.17) is 4.74 Å². The third-order valence-electron chi connectivity index (χ3n) is 7.78. The first-order valence-electron chi connectivity index (χ1n) is 13.9. The van der Waals surface area contributed by atoms with Gasteiger partial charge >= 0.3 is 0 Å². The van der Waals surface area contributed by atoms with Gasteiger partial charge in [-0.25, -0.2) is 5.06 Å². The summed E-state index contributed by atoms with van der Waals surface area (Å²) in [6, 6.07) is 9.42. The van der Waals surface area contributed by atoms with Gasteiger partial charge in [0.1, 0.15) is 43.2 Å². The first-order valence-corrected chi connectivity index (χ1v) is 19.6. The van der Waals surface area contributed by atoms with Crippen molar-refractivity contribution in [3.63, 3.8) is 0 Å². The van der Waals surface area contributed by atoms with E-state index in [1.165, 1.54) is 32.2 Å². The largest absolute Gasteiger partial charge is 0.505 e. The molecule has 0 saturated heterocycles. The number of methoxy groups -OCH3 is 1. The number of phenolic OH excluding ortho intramolecular Hbond substituents is 1. The highest BCUT2D eigenvalue weighted by atomic mass is 32.2. The van der Waals surface area contributed by atoms with Crippen LogP contribution in [0.3, 0.4) is 0 Å². The second-order valence-corrected chi connectivity index (χ2v) is 16.5. The summed E-state index contributed by atoms with van der Waals surface area (Å²) in [7, 11) is -18.8. The number of nitrogens with zero attached hydrogens (tertiary/aromatic N) is 5. The fourth-order valence-corrected chi connectivity index (χ4v) is 8.18. The molecule has 0 radical (unpaired) electrons. The molecular weight excluding hydrogens is 775 g/mol. The van der Waals surface area contributed by atoms with Crippen molar-refractivity contribution in [2.75, 3.05) is 12.2 Å². The second-order valence-electron chi connectivity index (χ2n) is 10.9. The molecule has 1 aliphatic rings. The molecule has 0 unspecified atom stereocenters. The number of phenols is 1. The summed E-state index contributed by atoms with van der Waals surface area (Å²) >= 11 is 0. The van der Waals surface area contributed by atoms with Crippen molar-refractivity contribution >= 4 is 96.1 Å². The Bertz CT molecular complexity index is 2930. The Morgan fingerprint density at radius 1 is 0.615 bits per heavy atom. The Balaban J connectivity index is 1.51. The van der Waals surface area contributed by atoms with Gasteiger partial charge in [0, 0.05) is 16.8 Å². The lowest BCUT2D eigenvalue weighted by Gasteiger charge is -2.34. The number of hydrogen-bond acceptors (Lipinski definition) is 16.